The van der Waals surface area contributed by atoms with E-state index in [1.807, 2.05) is 58.0 Å². The molecule has 1 aromatic carbocycles. The van der Waals surface area contributed by atoms with Crippen LogP contribution in [0.1, 0.15) is 39.4 Å². The zero-order valence-electron chi connectivity index (χ0n) is 15.7. The van der Waals surface area contributed by atoms with Crippen molar-refractivity contribution in [3.05, 3.63) is 35.9 Å². The fourth-order valence-electron chi connectivity index (χ4n) is 2.93. The van der Waals surface area contributed by atoms with Gasteiger partial charge in [0.15, 0.2) is 12.1 Å². The average Bonchev–Trinajstić information content (AvgIpc) is 2.84. The quantitative estimate of drug-likeness (QED) is 0.673. The molecule has 0 radical (unpaired) electrons. The molecular weight excluding hydrogens is 340 g/mol. The number of hydrogen-bond acceptors (Lipinski definition) is 6. The number of benzene rings is 1. The van der Waals surface area contributed by atoms with Crippen LogP contribution in [-0.2, 0) is 23.7 Å². The fraction of sp³-hybridized carbons (Fsp3) is 0.684. The maximum Gasteiger partial charge on any atom is 0.187 e. The molecular formula is C19H30O5S. The molecule has 1 aliphatic rings. The summed E-state index contributed by atoms with van der Waals surface area (Å²) < 4.78 is 29.3. The Labute approximate surface area is 156 Å². The van der Waals surface area contributed by atoms with Gasteiger partial charge in [-0.15, -0.1) is 0 Å². The Hall–Kier alpha value is -0.630. The van der Waals surface area contributed by atoms with E-state index in [0.717, 1.165) is 5.56 Å². The molecule has 6 heteroatoms. The Bertz CT molecular complexity index is 510. The molecule has 0 aromatic heterocycles. The van der Waals surface area contributed by atoms with Crippen LogP contribution in [0, 0.1) is 0 Å². The first kappa shape index (κ1) is 20.7. The van der Waals surface area contributed by atoms with Gasteiger partial charge in [-0.25, -0.2) is 0 Å². The first-order valence-corrected chi connectivity index (χ1v) is 9.31. The van der Waals surface area contributed by atoms with Gasteiger partial charge in [0.1, 0.15) is 12.2 Å². The summed E-state index contributed by atoms with van der Waals surface area (Å²) in [4.78, 5) is 0. The Morgan fingerprint density at radius 2 is 1.84 bits per heavy atom. The predicted octanol–water partition coefficient (Wildman–Crippen LogP) is 3.59. The molecule has 2 rings (SSSR count). The zero-order valence-corrected chi connectivity index (χ0v) is 16.6. The van der Waals surface area contributed by atoms with Crippen molar-refractivity contribution in [1.29, 1.82) is 0 Å². The van der Waals surface area contributed by atoms with Gasteiger partial charge >= 0.3 is 0 Å². The van der Waals surface area contributed by atoms with E-state index >= 15 is 0 Å². The van der Waals surface area contributed by atoms with Gasteiger partial charge in [-0.2, -0.15) is 12.6 Å². The maximum absolute atomic E-state index is 6.22. The number of ether oxygens (including phenoxy) is 5. The van der Waals surface area contributed by atoms with Crippen molar-refractivity contribution in [3.63, 3.8) is 0 Å². The van der Waals surface area contributed by atoms with Crippen LogP contribution >= 0.6 is 12.6 Å². The second-order valence-electron chi connectivity index (χ2n) is 6.75. The molecule has 5 atom stereocenters. The van der Waals surface area contributed by atoms with Gasteiger partial charge in [-0.1, -0.05) is 30.3 Å². The van der Waals surface area contributed by atoms with E-state index in [2.05, 4.69) is 12.6 Å². The summed E-state index contributed by atoms with van der Waals surface area (Å²) >= 11 is 4.46. The molecule has 0 N–H and O–H groups in total. The SMILES string of the molecule is COC[C@H](O[C@@H]1OC(C)(C)O[C@H]1C)[C@H](CS)OC(C)c1ccccc1. The highest BCUT2D eigenvalue weighted by Gasteiger charge is 2.41. The molecule has 0 saturated carbocycles. The molecule has 1 heterocycles. The van der Waals surface area contributed by atoms with Crippen LogP contribution in [0.15, 0.2) is 30.3 Å². The molecule has 0 bridgehead atoms. The molecule has 1 saturated heterocycles. The standard InChI is InChI=1S/C19H30O5S/c1-13(15-9-7-6-8-10-15)21-17(12-25)16(11-20-5)22-18-14(2)23-19(3,4)24-18/h6-10,13-14,16-18,25H,11-12H2,1-5H3/t13?,14-,16-,17-,18+/m0/s1. The number of thiol groups is 1. The van der Waals surface area contributed by atoms with E-state index in [1.165, 1.54) is 0 Å². The van der Waals surface area contributed by atoms with E-state index in [9.17, 15) is 0 Å². The topological polar surface area (TPSA) is 46.2 Å². The van der Waals surface area contributed by atoms with Gasteiger partial charge < -0.3 is 23.7 Å². The molecule has 0 amide bonds. The molecule has 1 unspecified atom stereocenters. The van der Waals surface area contributed by atoms with Crippen LogP contribution in [0.2, 0.25) is 0 Å². The lowest BCUT2D eigenvalue weighted by atomic mass is 10.1. The van der Waals surface area contributed by atoms with Crippen molar-refractivity contribution in [2.75, 3.05) is 19.5 Å². The van der Waals surface area contributed by atoms with Gasteiger partial charge in [0.2, 0.25) is 0 Å². The van der Waals surface area contributed by atoms with Gasteiger partial charge in [0.05, 0.1) is 18.8 Å². The van der Waals surface area contributed by atoms with Crippen LogP contribution in [-0.4, -0.2) is 49.9 Å². The van der Waals surface area contributed by atoms with Crippen LogP contribution in [0.5, 0.6) is 0 Å². The van der Waals surface area contributed by atoms with Crippen molar-refractivity contribution in [2.24, 2.45) is 0 Å². The number of rotatable bonds is 9. The first-order valence-electron chi connectivity index (χ1n) is 8.67. The summed E-state index contributed by atoms with van der Waals surface area (Å²) in [7, 11) is 1.64. The zero-order chi connectivity index (χ0) is 18.4. The second-order valence-corrected chi connectivity index (χ2v) is 7.11. The van der Waals surface area contributed by atoms with Crippen LogP contribution in [0.25, 0.3) is 0 Å². The molecule has 25 heavy (non-hydrogen) atoms. The summed E-state index contributed by atoms with van der Waals surface area (Å²) in [5.41, 5.74) is 1.11. The van der Waals surface area contributed by atoms with E-state index in [-0.39, 0.29) is 24.4 Å². The van der Waals surface area contributed by atoms with Crippen molar-refractivity contribution in [1.82, 2.24) is 0 Å². The summed E-state index contributed by atoms with van der Waals surface area (Å²) in [5.74, 6) is -0.146. The summed E-state index contributed by atoms with van der Waals surface area (Å²) in [6.45, 7) is 8.10. The lowest BCUT2D eigenvalue weighted by molar-refractivity contribution is -0.228. The van der Waals surface area contributed by atoms with E-state index in [0.29, 0.717) is 12.4 Å². The van der Waals surface area contributed by atoms with Crippen LogP contribution in [0.3, 0.4) is 0 Å². The summed E-state index contributed by atoms with van der Waals surface area (Å²) in [6, 6.07) is 10.1. The third kappa shape index (κ3) is 5.94. The van der Waals surface area contributed by atoms with Gasteiger partial charge in [0, 0.05) is 12.9 Å². The summed E-state index contributed by atoms with van der Waals surface area (Å²) in [6.07, 6.45) is -1.25. The molecule has 1 fully saturated rings. The van der Waals surface area contributed by atoms with Crippen molar-refractivity contribution in [2.45, 2.75) is 64.2 Å². The Kier molecular flexibility index (Phi) is 7.73. The van der Waals surface area contributed by atoms with E-state index in [4.69, 9.17) is 23.7 Å². The van der Waals surface area contributed by atoms with Crippen molar-refractivity contribution >= 4 is 12.6 Å². The third-order valence-corrected chi connectivity index (χ3v) is 4.50. The fourth-order valence-corrected chi connectivity index (χ4v) is 3.25. The third-order valence-electron chi connectivity index (χ3n) is 4.14. The highest BCUT2D eigenvalue weighted by molar-refractivity contribution is 7.80. The molecule has 1 aromatic rings. The van der Waals surface area contributed by atoms with Gasteiger partial charge in [-0.3, -0.25) is 0 Å². The maximum atomic E-state index is 6.22. The van der Waals surface area contributed by atoms with Crippen LogP contribution < -0.4 is 0 Å². The molecule has 5 nitrogen and oxygen atoms in total. The molecule has 0 spiro atoms. The van der Waals surface area contributed by atoms with E-state index in [1.54, 1.807) is 7.11 Å². The number of methoxy groups -OCH3 is 1. The van der Waals surface area contributed by atoms with Crippen molar-refractivity contribution in [3.8, 4) is 0 Å². The molecule has 142 valence electrons. The second kappa shape index (κ2) is 9.35. The highest BCUT2D eigenvalue weighted by Crippen LogP contribution is 2.30. The summed E-state index contributed by atoms with van der Waals surface area (Å²) in [5, 5.41) is 0. The monoisotopic (exact) mass is 370 g/mol. The highest BCUT2D eigenvalue weighted by atomic mass is 32.1. The minimum absolute atomic E-state index is 0.0732. The average molecular weight is 371 g/mol. The first-order chi connectivity index (χ1) is 11.9. The lowest BCUT2D eigenvalue weighted by Gasteiger charge is -2.31. The van der Waals surface area contributed by atoms with Gasteiger partial charge in [-0.05, 0) is 33.3 Å². The van der Waals surface area contributed by atoms with E-state index < -0.39 is 12.1 Å². The molecule has 1 aliphatic heterocycles. The lowest BCUT2D eigenvalue weighted by Crippen LogP contribution is -2.42. The minimum atomic E-state index is -0.656. The smallest absolute Gasteiger partial charge is 0.187 e. The minimum Gasteiger partial charge on any atom is -0.382 e. The Morgan fingerprint density at radius 1 is 1.16 bits per heavy atom. The normalized spacial score (nSPS) is 26.3. The Morgan fingerprint density at radius 3 is 2.36 bits per heavy atom. The van der Waals surface area contributed by atoms with Crippen LogP contribution in [0.4, 0.5) is 0 Å². The van der Waals surface area contributed by atoms with Gasteiger partial charge in [0.25, 0.3) is 0 Å². The number of hydrogen-bond donors (Lipinski definition) is 1. The Balaban J connectivity index is 2.03. The molecule has 0 aliphatic carbocycles. The largest absolute Gasteiger partial charge is 0.382 e. The van der Waals surface area contributed by atoms with Crippen molar-refractivity contribution < 1.29 is 23.7 Å². The predicted molar refractivity (Wildman–Crippen MR) is 99.8 cm³/mol.